The molecule has 0 unspecified atom stereocenters. The smallest absolute Gasteiger partial charge is 0.289 e. The number of hydrogen-bond acceptors (Lipinski definition) is 4. The Morgan fingerprint density at radius 1 is 1.24 bits per heavy atom. The molecule has 0 bridgehead atoms. The molecule has 0 spiro atoms. The molecular weight excluding hydrogens is 318 g/mol. The Balaban J connectivity index is 1.60. The van der Waals surface area contributed by atoms with Crippen molar-refractivity contribution in [3.63, 3.8) is 0 Å². The summed E-state index contributed by atoms with van der Waals surface area (Å²) in [5.74, 6) is 1.52. The molecule has 0 saturated carbocycles. The third-order valence-electron chi connectivity index (χ3n) is 3.85. The van der Waals surface area contributed by atoms with Crippen molar-refractivity contribution in [2.24, 2.45) is 7.05 Å². The predicted octanol–water partition coefficient (Wildman–Crippen LogP) is 3.17. The summed E-state index contributed by atoms with van der Waals surface area (Å²) in [5, 5.41) is 4.28. The average Bonchev–Trinajstić information content (AvgIpc) is 3.22. The van der Waals surface area contributed by atoms with E-state index in [0.717, 1.165) is 17.0 Å². The minimum atomic E-state index is -0.187. The Morgan fingerprint density at radius 2 is 2.04 bits per heavy atom. The van der Waals surface area contributed by atoms with Gasteiger partial charge in [0.2, 0.25) is 0 Å². The van der Waals surface area contributed by atoms with E-state index in [1.807, 2.05) is 50.5 Å². The number of hydrogen-bond donors (Lipinski definition) is 0. The molecule has 0 aliphatic carbocycles. The Kier molecular flexibility index (Phi) is 4.88. The van der Waals surface area contributed by atoms with Crippen LogP contribution in [0.4, 0.5) is 0 Å². The summed E-state index contributed by atoms with van der Waals surface area (Å²) in [7, 11) is 3.57. The van der Waals surface area contributed by atoms with Gasteiger partial charge in [0.15, 0.2) is 5.76 Å². The van der Waals surface area contributed by atoms with Crippen LogP contribution < -0.4 is 4.74 Å². The number of aromatic nitrogens is 2. The standard InChI is InChI=1S/C19H21N3O3/c1-14-6-4-5-7-17(14)24-13-16-8-9-18(25-16)19(23)21(2)12-15-10-11-22(3)20-15/h4-11H,12-13H2,1-3H3. The van der Waals surface area contributed by atoms with Gasteiger partial charge in [0, 0.05) is 20.3 Å². The van der Waals surface area contributed by atoms with E-state index in [1.165, 1.54) is 0 Å². The van der Waals surface area contributed by atoms with E-state index in [4.69, 9.17) is 9.15 Å². The zero-order valence-electron chi connectivity index (χ0n) is 14.6. The van der Waals surface area contributed by atoms with Gasteiger partial charge in [-0.1, -0.05) is 18.2 Å². The predicted molar refractivity (Wildman–Crippen MR) is 93.2 cm³/mol. The number of ether oxygens (including phenoxy) is 1. The zero-order chi connectivity index (χ0) is 17.8. The summed E-state index contributed by atoms with van der Waals surface area (Å²) in [6.07, 6.45) is 1.85. The van der Waals surface area contributed by atoms with Crippen molar-refractivity contribution in [3.05, 3.63) is 71.4 Å². The lowest BCUT2D eigenvalue weighted by atomic mass is 10.2. The number of carbonyl (C=O) groups excluding carboxylic acids is 1. The summed E-state index contributed by atoms with van der Waals surface area (Å²) < 4.78 is 13.1. The Hall–Kier alpha value is -3.02. The maximum Gasteiger partial charge on any atom is 0.289 e. The maximum atomic E-state index is 12.5. The van der Waals surface area contributed by atoms with Gasteiger partial charge < -0.3 is 14.1 Å². The number of benzene rings is 1. The molecule has 0 aliphatic rings. The van der Waals surface area contributed by atoms with E-state index < -0.39 is 0 Å². The summed E-state index contributed by atoms with van der Waals surface area (Å²) in [6.45, 7) is 2.69. The lowest BCUT2D eigenvalue weighted by Crippen LogP contribution is -2.26. The maximum absolute atomic E-state index is 12.5. The van der Waals surface area contributed by atoms with Crippen LogP contribution in [0, 0.1) is 6.92 Å². The highest BCUT2D eigenvalue weighted by atomic mass is 16.5. The second-order valence-corrected chi connectivity index (χ2v) is 5.96. The number of rotatable bonds is 6. The minimum Gasteiger partial charge on any atom is -0.485 e. The fraction of sp³-hybridized carbons (Fsp3) is 0.263. The summed E-state index contributed by atoms with van der Waals surface area (Å²) in [5.41, 5.74) is 1.88. The Morgan fingerprint density at radius 3 is 2.76 bits per heavy atom. The van der Waals surface area contributed by atoms with Gasteiger partial charge in [0.1, 0.15) is 18.1 Å². The number of nitrogens with zero attached hydrogens (tertiary/aromatic N) is 3. The summed E-state index contributed by atoms with van der Waals surface area (Å²) >= 11 is 0. The highest BCUT2D eigenvalue weighted by molar-refractivity contribution is 5.91. The highest BCUT2D eigenvalue weighted by Gasteiger charge is 2.17. The van der Waals surface area contributed by atoms with Gasteiger partial charge in [-0.3, -0.25) is 9.48 Å². The molecule has 2 aromatic heterocycles. The minimum absolute atomic E-state index is 0.187. The van der Waals surface area contributed by atoms with Gasteiger partial charge in [0.05, 0.1) is 12.2 Å². The second-order valence-electron chi connectivity index (χ2n) is 5.96. The molecule has 1 aromatic carbocycles. The van der Waals surface area contributed by atoms with E-state index in [-0.39, 0.29) is 12.5 Å². The molecule has 2 heterocycles. The number of amides is 1. The van der Waals surface area contributed by atoms with Crippen LogP contribution in [0.15, 0.2) is 53.1 Å². The molecule has 0 N–H and O–H groups in total. The van der Waals surface area contributed by atoms with Gasteiger partial charge in [-0.2, -0.15) is 5.10 Å². The lowest BCUT2D eigenvalue weighted by molar-refractivity contribution is 0.0747. The summed E-state index contributed by atoms with van der Waals surface area (Å²) in [4.78, 5) is 14.0. The summed E-state index contributed by atoms with van der Waals surface area (Å²) in [6, 6.07) is 13.1. The molecule has 3 aromatic rings. The topological polar surface area (TPSA) is 60.5 Å². The SMILES string of the molecule is Cc1ccccc1OCc1ccc(C(=O)N(C)Cc2ccn(C)n2)o1. The molecule has 0 fully saturated rings. The van der Waals surface area contributed by atoms with Crippen LogP contribution in [-0.4, -0.2) is 27.6 Å². The van der Waals surface area contributed by atoms with E-state index in [9.17, 15) is 4.79 Å². The van der Waals surface area contributed by atoms with Gasteiger partial charge in [-0.15, -0.1) is 0 Å². The van der Waals surface area contributed by atoms with Crippen LogP contribution in [-0.2, 0) is 20.2 Å². The van der Waals surface area contributed by atoms with E-state index >= 15 is 0 Å². The molecule has 0 radical (unpaired) electrons. The first-order chi connectivity index (χ1) is 12.0. The van der Waals surface area contributed by atoms with Crippen LogP contribution in [0.2, 0.25) is 0 Å². The molecule has 3 rings (SSSR count). The van der Waals surface area contributed by atoms with Gasteiger partial charge in [0.25, 0.3) is 5.91 Å². The van der Waals surface area contributed by atoms with Crippen molar-refractivity contribution in [1.82, 2.24) is 14.7 Å². The van der Waals surface area contributed by atoms with Crippen molar-refractivity contribution >= 4 is 5.91 Å². The number of aryl methyl sites for hydroxylation is 2. The first kappa shape index (κ1) is 16.8. The molecule has 0 atom stereocenters. The van der Waals surface area contributed by atoms with Crippen molar-refractivity contribution in [1.29, 1.82) is 0 Å². The van der Waals surface area contributed by atoms with E-state index in [0.29, 0.717) is 18.1 Å². The third kappa shape index (κ3) is 4.09. The Labute approximate surface area is 146 Å². The van der Waals surface area contributed by atoms with Crippen molar-refractivity contribution in [2.75, 3.05) is 7.05 Å². The van der Waals surface area contributed by atoms with E-state index in [2.05, 4.69) is 5.10 Å². The first-order valence-corrected chi connectivity index (χ1v) is 8.04. The fourth-order valence-electron chi connectivity index (χ4n) is 2.49. The molecule has 130 valence electrons. The van der Waals surface area contributed by atoms with Gasteiger partial charge in [-0.05, 0) is 36.8 Å². The lowest BCUT2D eigenvalue weighted by Gasteiger charge is -2.14. The van der Waals surface area contributed by atoms with Crippen LogP contribution in [0.3, 0.4) is 0 Å². The van der Waals surface area contributed by atoms with Crippen LogP contribution in [0.1, 0.15) is 27.6 Å². The quantitative estimate of drug-likeness (QED) is 0.692. The molecule has 6 nitrogen and oxygen atoms in total. The molecule has 6 heteroatoms. The largest absolute Gasteiger partial charge is 0.485 e. The van der Waals surface area contributed by atoms with Crippen LogP contribution in [0.5, 0.6) is 5.75 Å². The highest BCUT2D eigenvalue weighted by Crippen LogP contribution is 2.19. The van der Waals surface area contributed by atoms with E-state index in [1.54, 1.807) is 28.8 Å². The number of carbonyl (C=O) groups is 1. The first-order valence-electron chi connectivity index (χ1n) is 8.04. The monoisotopic (exact) mass is 339 g/mol. The number of para-hydroxylation sites is 1. The fourth-order valence-corrected chi connectivity index (χ4v) is 2.49. The van der Waals surface area contributed by atoms with Gasteiger partial charge in [-0.25, -0.2) is 0 Å². The van der Waals surface area contributed by atoms with Gasteiger partial charge >= 0.3 is 0 Å². The molecule has 0 aliphatic heterocycles. The molecule has 0 saturated heterocycles. The zero-order valence-corrected chi connectivity index (χ0v) is 14.6. The van der Waals surface area contributed by atoms with Crippen molar-refractivity contribution in [3.8, 4) is 5.75 Å². The molecular formula is C19H21N3O3. The normalized spacial score (nSPS) is 10.7. The third-order valence-corrected chi connectivity index (χ3v) is 3.85. The van der Waals surface area contributed by atoms with Crippen molar-refractivity contribution in [2.45, 2.75) is 20.1 Å². The number of furan rings is 1. The molecule has 1 amide bonds. The van der Waals surface area contributed by atoms with Crippen LogP contribution >= 0.6 is 0 Å². The average molecular weight is 339 g/mol. The molecule has 25 heavy (non-hydrogen) atoms. The Bertz CT molecular complexity index is 866. The van der Waals surface area contributed by atoms with Crippen molar-refractivity contribution < 1.29 is 13.9 Å². The van der Waals surface area contributed by atoms with Crippen LogP contribution in [0.25, 0.3) is 0 Å². The second kappa shape index (κ2) is 7.25.